The monoisotopic (exact) mass is 279 g/mol. The van der Waals surface area contributed by atoms with Crippen molar-refractivity contribution in [3.8, 4) is 5.75 Å². The minimum Gasteiger partial charge on any atom is -0.494 e. The smallest absolute Gasteiger partial charge is 0.165 e. The van der Waals surface area contributed by atoms with E-state index in [9.17, 15) is 4.39 Å². The zero-order valence-electron chi connectivity index (χ0n) is 11.4. The fourth-order valence-electron chi connectivity index (χ4n) is 1.89. The van der Waals surface area contributed by atoms with Gasteiger partial charge in [-0.3, -0.25) is 0 Å². The van der Waals surface area contributed by atoms with Gasteiger partial charge in [-0.2, -0.15) is 11.3 Å². The quantitative estimate of drug-likeness (QED) is 0.891. The molecule has 1 unspecified atom stereocenters. The molecular weight excluding hydrogens is 261 g/mol. The Bertz CT molecular complexity index is 553. The first kappa shape index (κ1) is 14.0. The summed E-state index contributed by atoms with van der Waals surface area (Å²) in [6, 6.07) is 5.12. The van der Waals surface area contributed by atoms with Gasteiger partial charge in [0.1, 0.15) is 0 Å². The summed E-state index contributed by atoms with van der Waals surface area (Å²) in [4.78, 5) is 0. The lowest BCUT2D eigenvalue weighted by Gasteiger charge is -2.15. The summed E-state index contributed by atoms with van der Waals surface area (Å²) in [6.45, 7) is 4.99. The summed E-state index contributed by atoms with van der Waals surface area (Å²) < 4.78 is 18.4. The molecule has 0 radical (unpaired) electrons. The summed E-state index contributed by atoms with van der Waals surface area (Å²) in [5.41, 5.74) is 3.64. The molecule has 102 valence electrons. The van der Waals surface area contributed by atoms with Gasteiger partial charge in [0.15, 0.2) is 11.6 Å². The molecule has 1 aromatic carbocycles. The topological polar surface area (TPSA) is 21.3 Å². The molecule has 0 aliphatic rings. The number of halogens is 1. The van der Waals surface area contributed by atoms with E-state index in [-0.39, 0.29) is 17.6 Å². The Balaban J connectivity index is 2.03. The number of thiophene rings is 1. The Morgan fingerprint density at radius 2 is 2.16 bits per heavy atom. The maximum Gasteiger partial charge on any atom is 0.165 e. The largest absolute Gasteiger partial charge is 0.494 e. The van der Waals surface area contributed by atoms with E-state index in [4.69, 9.17) is 4.74 Å². The minimum atomic E-state index is -0.327. The van der Waals surface area contributed by atoms with E-state index in [1.54, 1.807) is 23.5 Å². The van der Waals surface area contributed by atoms with Gasteiger partial charge in [0.25, 0.3) is 0 Å². The van der Waals surface area contributed by atoms with Crippen LogP contribution in [-0.2, 0) is 6.54 Å². The Hall–Kier alpha value is -1.39. The van der Waals surface area contributed by atoms with Crippen LogP contribution in [0.3, 0.4) is 0 Å². The molecule has 1 heterocycles. The molecule has 19 heavy (non-hydrogen) atoms. The molecule has 0 aliphatic heterocycles. The average molecular weight is 279 g/mol. The molecule has 0 saturated carbocycles. The van der Waals surface area contributed by atoms with E-state index in [1.165, 1.54) is 24.3 Å². The van der Waals surface area contributed by atoms with E-state index in [2.05, 4.69) is 29.9 Å². The summed E-state index contributed by atoms with van der Waals surface area (Å²) >= 11 is 1.71. The van der Waals surface area contributed by atoms with Gasteiger partial charge in [0.05, 0.1) is 7.11 Å². The molecular formula is C15H18FNOS. The lowest BCUT2D eigenvalue weighted by molar-refractivity contribution is 0.385. The van der Waals surface area contributed by atoms with Crippen LogP contribution in [-0.4, -0.2) is 7.11 Å². The van der Waals surface area contributed by atoms with Crippen LogP contribution in [0.4, 0.5) is 4.39 Å². The zero-order chi connectivity index (χ0) is 13.8. The SMILES string of the molecule is COc1cc(C(C)NCc2cscc2C)ccc1F. The van der Waals surface area contributed by atoms with Crippen molar-refractivity contribution in [1.29, 1.82) is 0 Å². The third-order valence-electron chi connectivity index (χ3n) is 3.24. The van der Waals surface area contributed by atoms with E-state index >= 15 is 0 Å². The average Bonchev–Trinajstić information content (AvgIpc) is 2.82. The van der Waals surface area contributed by atoms with E-state index < -0.39 is 0 Å². The molecule has 0 fully saturated rings. The van der Waals surface area contributed by atoms with E-state index in [0.717, 1.165) is 12.1 Å². The summed E-state index contributed by atoms with van der Waals surface area (Å²) in [7, 11) is 1.48. The van der Waals surface area contributed by atoms with Crippen molar-refractivity contribution in [1.82, 2.24) is 5.32 Å². The van der Waals surface area contributed by atoms with Gasteiger partial charge in [-0.05, 0) is 53.4 Å². The van der Waals surface area contributed by atoms with Gasteiger partial charge in [-0.15, -0.1) is 0 Å². The molecule has 1 aromatic heterocycles. The van der Waals surface area contributed by atoms with Crippen molar-refractivity contribution in [3.63, 3.8) is 0 Å². The van der Waals surface area contributed by atoms with Crippen LogP contribution in [0.5, 0.6) is 5.75 Å². The Kier molecular flexibility index (Phi) is 4.56. The molecule has 2 nitrogen and oxygen atoms in total. The second-order valence-corrected chi connectivity index (χ2v) is 5.32. The summed E-state index contributed by atoms with van der Waals surface area (Å²) in [6.07, 6.45) is 0. The summed E-state index contributed by atoms with van der Waals surface area (Å²) in [5.74, 6) is -0.0370. The van der Waals surface area contributed by atoms with Crippen LogP contribution < -0.4 is 10.1 Å². The lowest BCUT2D eigenvalue weighted by Crippen LogP contribution is -2.18. The zero-order valence-corrected chi connectivity index (χ0v) is 12.2. The normalized spacial score (nSPS) is 12.4. The molecule has 1 N–H and O–H groups in total. The molecule has 0 saturated heterocycles. The number of rotatable bonds is 5. The Labute approximate surface area is 117 Å². The maximum absolute atomic E-state index is 13.4. The van der Waals surface area contributed by atoms with E-state index in [1.807, 2.05) is 0 Å². The predicted octanol–water partition coefficient (Wildman–Crippen LogP) is 4.06. The van der Waals surface area contributed by atoms with Crippen LogP contribution in [0.15, 0.2) is 29.0 Å². The first-order chi connectivity index (χ1) is 9.11. The molecule has 0 bridgehead atoms. The second kappa shape index (κ2) is 6.17. The van der Waals surface area contributed by atoms with Gasteiger partial charge < -0.3 is 10.1 Å². The fourth-order valence-corrected chi connectivity index (χ4v) is 2.75. The highest BCUT2D eigenvalue weighted by Gasteiger charge is 2.10. The third-order valence-corrected chi connectivity index (χ3v) is 4.15. The van der Waals surface area contributed by atoms with Gasteiger partial charge in [0.2, 0.25) is 0 Å². The van der Waals surface area contributed by atoms with Crippen LogP contribution >= 0.6 is 11.3 Å². The highest BCUT2D eigenvalue weighted by Crippen LogP contribution is 2.23. The number of hydrogen-bond donors (Lipinski definition) is 1. The molecule has 2 aromatic rings. The van der Waals surface area contributed by atoms with Gasteiger partial charge in [-0.25, -0.2) is 4.39 Å². The molecule has 4 heteroatoms. The predicted molar refractivity (Wildman–Crippen MR) is 77.3 cm³/mol. The highest BCUT2D eigenvalue weighted by molar-refractivity contribution is 7.08. The van der Waals surface area contributed by atoms with Crippen molar-refractivity contribution >= 4 is 11.3 Å². The molecule has 0 spiro atoms. The summed E-state index contributed by atoms with van der Waals surface area (Å²) in [5, 5.41) is 7.74. The van der Waals surface area contributed by atoms with Gasteiger partial charge in [0, 0.05) is 12.6 Å². The molecule has 0 aliphatic carbocycles. The Morgan fingerprint density at radius 1 is 1.37 bits per heavy atom. The number of nitrogens with one attached hydrogen (secondary N) is 1. The number of methoxy groups -OCH3 is 1. The highest BCUT2D eigenvalue weighted by atomic mass is 32.1. The van der Waals surface area contributed by atoms with Gasteiger partial charge in [-0.1, -0.05) is 6.07 Å². The minimum absolute atomic E-state index is 0.147. The number of ether oxygens (including phenoxy) is 1. The third kappa shape index (κ3) is 3.33. The molecule has 1 atom stereocenters. The number of aryl methyl sites for hydroxylation is 1. The fraction of sp³-hybridized carbons (Fsp3) is 0.333. The molecule has 2 rings (SSSR count). The van der Waals surface area contributed by atoms with E-state index in [0.29, 0.717) is 0 Å². The Morgan fingerprint density at radius 3 is 2.79 bits per heavy atom. The maximum atomic E-state index is 13.4. The van der Waals surface area contributed by atoms with Crippen molar-refractivity contribution < 1.29 is 9.13 Å². The van der Waals surface area contributed by atoms with Crippen molar-refractivity contribution in [2.75, 3.05) is 7.11 Å². The standard InChI is InChI=1S/C15H18FNOS/c1-10-8-19-9-13(10)7-17-11(2)12-4-5-14(16)15(6-12)18-3/h4-6,8-9,11,17H,7H2,1-3H3. The first-order valence-corrected chi connectivity index (χ1v) is 7.14. The first-order valence-electron chi connectivity index (χ1n) is 6.20. The van der Waals surface area contributed by atoms with Crippen LogP contribution in [0, 0.1) is 12.7 Å². The number of hydrogen-bond acceptors (Lipinski definition) is 3. The van der Waals surface area contributed by atoms with Crippen LogP contribution in [0.1, 0.15) is 29.7 Å². The lowest BCUT2D eigenvalue weighted by atomic mass is 10.1. The van der Waals surface area contributed by atoms with Gasteiger partial charge >= 0.3 is 0 Å². The second-order valence-electron chi connectivity index (χ2n) is 4.58. The van der Waals surface area contributed by atoms with Crippen molar-refractivity contribution in [2.45, 2.75) is 26.4 Å². The molecule has 0 amide bonds. The van der Waals surface area contributed by atoms with Crippen molar-refractivity contribution in [3.05, 3.63) is 51.5 Å². The van der Waals surface area contributed by atoms with Crippen LogP contribution in [0.25, 0.3) is 0 Å². The van der Waals surface area contributed by atoms with Crippen molar-refractivity contribution in [2.24, 2.45) is 0 Å². The van der Waals surface area contributed by atoms with Crippen LogP contribution in [0.2, 0.25) is 0 Å². The number of benzene rings is 1.